The van der Waals surface area contributed by atoms with E-state index < -0.39 is 54.5 Å². The third kappa shape index (κ3) is 4.24. The Morgan fingerprint density at radius 1 is 0.917 bits per heavy atom. The highest BCUT2D eigenvalue weighted by Gasteiger charge is 2.75. The van der Waals surface area contributed by atoms with Gasteiger partial charge in [0.2, 0.25) is 11.7 Å². The first-order valence-electron chi connectivity index (χ1n) is 5.14. The summed E-state index contributed by atoms with van der Waals surface area (Å²) in [7, 11) is 0. The van der Waals surface area contributed by atoms with Gasteiger partial charge in [-0.25, -0.2) is 13.6 Å². The number of hydrogen-bond acceptors (Lipinski definition) is 2. The van der Waals surface area contributed by atoms with Gasteiger partial charge in [0.05, 0.1) is 0 Å². The standard InChI is InChI=1S/C9H4F12O3/c10-2(3(11)8(17,18)19)7(15,16)9(20,21)6(13,14)1-24-4(12)5(22)23/h4H,1H2,(H,22,23). The number of allylic oxidation sites excluding steroid dienone is 2. The van der Waals surface area contributed by atoms with Gasteiger partial charge in [-0.2, -0.15) is 43.9 Å². The van der Waals surface area contributed by atoms with Crippen LogP contribution in [0, 0.1) is 0 Å². The molecule has 142 valence electrons. The fourth-order valence-corrected chi connectivity index (χ4v) is 0.970. The van der Waals surface area contributed by atoms with Gasteiger partial charge < -0.3 is 9.84 Å². The summed E-state index contributed by atoms with van der Waals surface area (Å²) in [5.41, 5.74) is 0. The molecule has 0 bridgehead atoms. The molecule has 3 nitrogen and oxygen atoms in total. The number of hydrogen-bond donors (Lipinski definition) is 1. The number of carbonyl (C=O) groups is 1. The van der Waals surface area contributed by atoms with E-state index in [1.807, 2.05) is 0 Å². The van der Waals surface area contributed by atoms with Crippen LogP contribution in [-0.4, -0.2) is 48.0 Å². The summed E-state index contributed by atoms with van der Waals surface area (Å²) in [6.07, 6.45) is -10.2. The molecule has 0 radical (unpaired) electrons. The van der Waals surface area contributed by atoms with E-state index in [1.165, 1.54) is 0 Å². The second-order valence-electron chi connectivity index (χ2n) is 3.94. The minimum atomic E-state index is -7.04. The van der Waals surface area contributed by atoms with Crippen LogP contribution in [0.5, 0.6) is 0 Å². The molecule has 0 amide bonds. The van der Waals surface area contributed by atoms with Gasteiger partial charge in [0, 0.05) is 0 Å². The average Bonchev–Trinajstić information content (AvgIpc) is 2.41. The molecule has 0 aliphatic rings. The number of carboxylic acids is 1. The maximum Gasteiger partial charge on any atom is 0.445 e. The lowest BCUT2D eigenvalue weighted by Crippen LogP contribution is -2.57. The van der Waals surface area contributed by atoms with Crippen LogP contribution in [0.3, 0.4) is 0 Å². The SMILES string of the molecule is O=C(O)C(F)OCC(F)(F)C(F)(F)C(F)(F)C(F)=C(F)C(F)(F)F. The van der Waals surface area contributed by atoms with Crippen LogP contribution in [0.2, 0.25) is 0 Å². The van der Waals surface area contributed by atoms with E-state index >= 15 is 0 Å². The molecule has 0 spiro atoms. The zero-order valence-electron chi connectivity index (χ0n) is 10.6. The molecule has 24 heavy (non-hydrogen) atoms. The number of ether oxygens (including phenoxy) is 1. The summed E-state index contributed by atoms with van der Waals surface area (Å²) >= 11 is 0. The summed E-state index contributed by atoms with van der Waals surface area (Å²) in [6.45, 7) is -3.09. The zero-order valence-corrected chi connectivity index (χ0v) is 10.6. The maximum absolute atomic E-state index is 13.0. The van der Waals surface area contributed by atoms with Gasteiger partial charge in [-0.3, -0.25) is 0 Å². The van der Waals surface area contributed by atoms with Gasteiger partial charge in [0.1, 0.15) is 6.61 Å². The van der Waals surface area contributed by atoms with Gasteiger partial charge in [-0.1, -0.05) is 0 Å². The second kappa shape index (κ2) is 6.68. The lowest BCUT2D eigenvalue weighted by molar-refractivity contribution is -0.317. The Morgan fingerprint density at radius 2 is 1.33 bits per heavy atom. The molecular weight excluding hydrogens is 384 g/mol. The lowest BCUT2D eigenvalue weighted by atomic mass is 10.0. The van der Waals surface area contributed by atoms with Crippen molar-refractivity contribution in [3.8, 4) is 0 Å². The van der Waals surface area contributed by atoms with Crippen LogP contribution in [0.25, 0.3) is 0 Å². The summed E-state index contributed by atoms with van der Waals surface area (Å²) in [5.74, 6) is -31.9. The summed E-state index contributed by atoms with van der Waals surface area (Å²) in [4.78, 5) is 9.85. The minimum absolute atomic E-state index is 2.63. The molecule has 0 fully saturated rings. The quantitative estimate of drug-likeness (QED) is 0.671. The Bertz CT molecular complexity index is 508. The number of rotatable bonds is 7. The van der Waals surface area contributed by atoms with E-state index in [9.17, 15) is 57.5 Å². The average molecular weight is 388 g/mol. The third-order valence-electron chi connectivity index (χ3n) is 2.18. The Balaban J connectivity index is 5.72. The van der Waals surface area contributed by atoms with Crippen LogP contribution < -0.4 is 0 Å². The van der Waals surface area contributed by atoms with Crippen molar-refractivity contribution in [3.63, 3.8) is 0 Å². The minimum Gasteiger partial charge on any atom is -0.477 e. The Morgan fingerprint density at radius 3 is 1.67 bits per heavy atom. The molecular formula is C9H4F12O3. The molecule has 0 aromatic rings. The summed E-state index contributed by atoms with van der Waals surface area (Å²) in [5, 5.41) is 7.87. The summed E-state index contributed by atoms with van der Waals surface area (Å²) in [6, 6.07) is 0. The second-order valence-corrected chi connectivity index (χ2v) is 3.94. The van der Waals surface area contributed by atoms with E-state index in [-0.39, 0.29) is 0 Å². The normalized spacial score (nSPS) is 16.7. The highest BCUT2D eigenvalue weighted by Crippen LogP contribution is 2.51. The van der Waals surface area contributed by atoms with E-state index in [2.05, 4.69) is 4.74 Å². The van der Waals surface area contributed by atoms with E-state index in [0.717, 1.165) is 0 Å². The van der Waals surface area contributed by atoms with Crippen LogP contribution in [0.4, 0.5) is 52.7 Å². The number of halogens is 12. The number of aliphatic carboxylic acids is 1. The van der Waals surface area contributed by atoms with Crippen molar-refractivity contribution < 1.29 is 67.3 Å². The van der Waals surface area contributed by atoms with Crippen molar-refractivity contribution in [2.45, 2.75) is 30.3 Å². The first-order valence-corrected chi connectivity index (χ1v) is 5.14. The summed E-state index contributed by atoms with van der Waals surface area (Å²) < 4.78 is 153. The first kappa shape index (κ1) is 22.3. The number of carboxylic acid groups (broad SMARTS) is 1. The van der Waals surface area contributed by atoms with Crippen LogP contribution in [-0.2, 0) is 9.53 Å². The van der Waals surface area contributed by atoms with Gasteiger partial charge in [-0.05, 0) is 0 Å². The smallest absolute Gasteiger partial charge is 0.445 e. The molecule has 1 atom stereocenters. The Labute approximate surface area is 123 Å². The van der Waals surface area contributed by atoms with Gasteiger partial charge in [0.25, 0.3) is 6.36 Å². The van der Waals surface area contributed by atoms with Gasteiger partial charge in [-0.15, -0.1) is 0 Å². The Kier molecular flexibility index (Phi) is 6.21. The van der Waals surface area contributed by atoms with Crippen LogP contribution in [0.1, 0.15) is 0 Å². The first-order chi connectivity index (χ1) is 10.4. The highest BCUT2D eigenvalue weighted by atomic mass is 19.4. The molecule has 15 heteroatoms. The van der Waals surface area contributed by atoms with Crippen molar-refractivity contribution in [2.24, 2.45) is 0 Å². The van der Waals surface area contributed by atoms with Gasteiger partial charge >= 0.3 is 29.9 Å². The molecule has 0 aromatic carbocycles. The predicted molar refractivity (Wildman–Crippen MR) is 48.6 cm³/mol. The van der Waals surface area contributed by atoms with Crippen molar-refractivity contribution >= 4 is 5.97 Å². The van der Waals surface area contributed by atoms with Crippen molar-refractivity contribution in [3.05, 3.63) is 11.7 Å². The van der Waals surface area contributed by atoms with Crippen LogP contribution >= 0.6 is 0 Å². The largest absolute Gasteiger partial charge is 0.477 e. The third-order valence-corrected chi connectivity index (χ3v) is 2.18. The molecule has 0 aromatic heterocycles. The fourth-order valence-electron chi connectivity index (χ4n) is 0.970. The molecule has 0 aliphatic heterocycles. The molecule has 0 saturated carbocycles. The van der Waals surface area contributed by atoms with E-state index in [0.29, 0.717) is 0 Å². The molecule has 0 heterocycles. The zero-order chi connectivity index (χ0) is 19.7. The molecule has 1 unspecified atom stereocenters. The predicted octanol–water partition coefficient (Wildman–Crippen LogP) is 4.00. The monoisotopic (exact) mass is 388 g/mol. The number of alkyl halides is 10. The fraction of sp³-hybridized carbons (Fsp3) is 0.667. The molecule has 0 saturated heterocycles. The highest BCUT2D eigenvalue weighted by molar-refractivity contribution is 5.70. The Hall–Kier alpha value is -1.67. The van der Waals surface area contributed by atoms with Crippen molar-refractivity contribution in [1.82, 2.24) is 0 Å². The molecule has 0 aliphatic carbocycles. The van der Waals surface area contributed by atoms with E-state index in [1.54, 1.807) is 0 Å². The van der Waals surface area contributed by atoms with Crippen molar-refractivity contribution in [2.75, 3.05) is 6.61 Å². The van der Waals surface area contributed by atoms with Gasteiger partial charge in [0.15, 0.2) is 0 Å². The molecule has 1 N–H and O–H groups in total. The molecule has 0 rings (SSSR count). The van der Waals surface area contributed by atoms with E-state index in [4.69, 9.17) is 5.11 Å². The maximum atomic E-state index is 13.0. The lowest BCUT2D eigenvalue weighted by Gasteiger charge is -2.31. The van der Waals surface area contributed by atoms with Crippen molar-refractivity contribution in [1.29, 1.82) is 0 Å². The van der Waals surface area contributed by atoms with Crippen LogP contribution in [0.15, 0.2) is 11.7 Å². The topological polar surface area (TPSA) is 46.5 Å².